The maximum absolute atomic E-state index is 11.6. The van der Waals surface area contributed by atoms with Gasteiger partial charge in [0, 0.05) is 26.7 Å². The Hall–Kier alpha value is -0.260. The summed E-state index contributed by atoms with van der Waals surface area (Å²) < 4.78 is 27.9. The Morgan fingerprint density at radius 2 is 1.83 bits per heavy atom. The van der Waals surface area contributed by atoms with Gasteiger partial charge < -0.3 is 15.4 Å². The van der Waals surface area contributed by atoms with Gasteiger partial charge in [-0.15, -0.1) is 0 Å². The summed E-state index contributed by atoms with van der Waals surface area (Å²) >= 11 is 0. The number of methoxy groups -OCH3 is 1. The lowest BCUT2D eigenvalue weighted by molar-refractivity contribution is 0.146. The van der Waals surface area contributed by atoms with Crippen LogP contribution in [-0.2, 0) is 4.74 Å². The minimum atomic E-state index is -2.26. The van der Waals surface area contributed by atoms with E-state index in [4.69, 9.17) is 4.74 Å². The maximum Gasteiger partial charge on any atom is 0.250 e. The van der Waals surface area contributed by atoms with Crippen LogP contribution in [0.5, 0.6) is 0 Å². The molecule has 0 saturated heterocycles. The number of rotatable bonds is 8. The highest BCUT2D eigenvalue weighted by Crippen LogP contribution is 1.86. The van der Waals surface area contributed by atoms with E-state index in [0.717, 1.165) is 6.54 Å². The summed E-state index contributed by atoms with van der Waals surface area (Å²) in [5.74, 6) is 0. The summed E-state index contributed by atoms with van der Waals surface area (Å²) in [7, 11) is 1.62. The molecule has 0 saturated carbocycles. The summed E-state index contributed by atoms with van der Waals surface area (Å²) in [4.78, 5) is 0. The third kappa shape index (κ3) is 9.74. The molecule has 0 amide bonds. The smallest absolute Gasteiger partial charge is 0.250 e. The number of hydrogen-bond acceptors (Lipinski definition) is 3. The first-order valence-corrected chi connectivity index (χ1v) is 3.96. The second-order valence-electron chi connectivity index (χ2n) is 2.34. The lowest BCUT2D eigenvalue weighted by atomic mass is 10.5. The SMILES string of the molecule is COCCNCCNCC(F)F. The van der Waals surface area contributed by atoms with Gasteiger partial charge in [-0.05, 0) is 0 Å². The van der Waals surface area contributed by atoms with Crippen LogP contribution in [-0.4, -0.2) is 46.3 Å². The standard InChI is InChI=1S/C7H16F2N2O/c1-12-5-4-10-2-3-11-6-7(8)9/h7,10-11H,2-6H2,1H3. The van der Waals surface area contributed by atoms with E-state index in [1.807, 2.05) is 0 Å². The highest BCUT2D eigenvalue weighted by molar-refractivity contribution is 4.52. The zero-order valence-electron chi connectivity index (χ0n) is 7.28. The fourth-order valence-electron chi connectivity index (χ4n) is 0.687. The van der Waals surface area contributed by atoms with Crippen molar-refractivity contribution < 1.29 is 13.5 Å². The van der Waals surface area contributed by atoms with Gasteiger partial charge in [0.15, 0.2) is 0 Å². The van der Waals surface area contributed by atoms with E-state index in [-0.39, 0.29) is 6.54 Å². The number of ether oxygens (including phenoxy) is 1. The van der Waals surface area contributed by atoms with Gasteiger partial charge in [0.05, 0.1) is 13.2 Å². The predicted octanol–water partition coefficient (Wildman–Crippen LogP) is 0.0771. The summed E-state index contributed by atoms with van der Waals surface area (Å²) in [6, 6.07) is 0. The van der Waals surface area contributed by atoms with Crippen LogP contribution in [0.2, 0.25) is 0 Å². The van der Waals surface area contributed by atoms with Gasteiger partial charge in [-0.2, -0.15) is 0 Å². The van der Waals surface area contributed by atoms with Gasteiger partial charge in [0.25, 0.3) is 6.43 Å². The molecule has 0 unspecified atom stereocenters. The molecule has 0 rings (SSSR count). The van der Waals surface area contributed by atoms with Gasteiger partial charge in [-0.1, -0.05) is 0 Å². The minimum absolute atomic E-state index is 0.230. The zero-order valence-corrected chi connectivity index (χ0v) is 7.28. The summed E-state index contributed by atoms with van der Waals surface area (Å²) in [6.07, 6.45) is -2.26. The number of halogens is 2. The molecule has 0 atom stereocenters. The Morgan fingerprint density at radius 3 is 2.42 bits per heavy atom. The van der Waals surface area contributed by atoms with Crippen molar-refractivity contribution in [2.24, 2.45) is 0 Å². The topological polar surface area (TPSA) is 33.3 Å². The van der Waals surface area contributed by atoms with Crippen molar-refractivity contribution >= 4 is 0 Å². The Labute approximate surface area is 71.5 Å². The molecule has 0 bridgehead atoms. The van der Waals surface area contributed by atoms with E-state index in [1.54, 1.807) is 7.11 Å². The van der Waals surface area contributed by atoms with Crippen molar-refractivity contribution in [2.45, 2.75) is 6.43 Å². The monoisotopic (exact) mass is 182 g/mol. The largest absolute Gasteiger partial charge is 0.383 e. The average Bonchev–Trinajstić information content (AvgIpc) is 2.02. The minimum Gasteiger partial charge on any atom is -0.383 e. The van der Waals surface area contributed by atoms with E-state index >= 15 is 0 Å². The molecule has 12 heavy (non-hydrogen) atoms. The highest BCUT2D eigenvalue weighted by atomic mass is 19.3. The number of nitrogens with one attached hydrogen (secondary N) is 2. The fraction of sp³-hybridized carbons (Fsp3) is 1.00. The molecule has 74 valence electrons. The molecular weight excluding hydrogens is 166 g/mol. The van der Waals surface area contributed by atoms with Crippen molar-refractivity contribution in [3.63, 3.8) is 0 Å². The number of alkyl halides is 2. The van der Waals surface area contributed by atoms with Crippen LogP contribution in [0, 0.1) is 0 Å². The van der Waals surface area contributed by atoms with Crippen LogP contribution in [0.4, 0.5) is 8.78 Å². The molecule has 2 N–H and O–H groups in total. The molecule has 0 radical (unpaired) electrons. The maximum atomic E-state index is 11.6. The Morgan fingerprint density at radius 1 is 1.17 bits per heavy atom. The molecule has 0 aromatic rings. The fourth-order valence-corrected chi connectivity index (χ4v) is 0.687. The first-order chi connectivity index (χ1) is 5.77. The van der Waals surface area contributed by atoms with Crippen molar-refractivity contribution in [3.05, 3.63) is 0 Å². The van der Waals surface area contributed by atoms with Gasteiger partial charge in [-0.3, -0.25) is 0 Å². The van der Waals surface area contributed by atoms with Gasteiger partial charge >= 0.3 is 0 Å². The zero-order chi connectivity index (χ0) is 9.23. The number of hydrogen-bond donors (Lipinski definition) is 2. The summed E-state index contributed by atoms with van der Waals surface area (Å²) in [5.41, 5.74) is 0. The van der Waals surface area contributed by atoms with Crippen LogP contribution in [0.25, 0.3) is 0 Å². The second kappa shape index (κ2) is 8.83. The molecule has 0 aliphatic carbocycles. The molecule has 0 spiro atoms. The van der Waals surface area contributed by atoms with E-state index in [2.05, 4.69) is 10.6 Å². The molecular formula is C7H16F2N2O. The molecule has 5 heteroatoms. The van der Waals surface area contributed by atoms with Gasteiger partial charge in [0.2, 0.25) is 0 Å². The molecule has 0 aromatic heterocycles. The molecule has 3 nitrogen and oxygen atoms in total. The molecule has 0 aliphatic heterocycles. The van der Waals surface area contributed by atoms with Crippen molar-refractivity contribution in [1.82, 2.24) is 10.6 Å². The third-order valence-electron chi connectivity index (χ3n) is 1.26. The Bertz CT molecular complexity index is 93.5. The first-order valence-electron chi connectivity index (χ1n) is 3.96. The third-order valence-corrected chi connectivity index (χ3v) is 1.26. The predicted molar refractivity (Wildman–Crippen MR) is 43.6 cm³/mol. The quantitative estimate of drug-likeness (QED) is 0.521. The van der Waals surface area contributed by atoms with Gasteiger partial charge in [0.1, 0.15) is 0 Å². The molecule has 0 fully saturated rings. The first kappa shape index (κ1) is 11.7. The van der Waals surface area contributed by atoms with Crippen molar-refractivity contribution in [2.75, 3.05) is 39.9 Å². The summed E-state index contributed by atoms with van der Waals surface area (Å²) in [5, 5.41) is 5.64. The van der Waals surface area contributed by atoms with Crippen LogP contribution < -0.4 is 10.6 Å². The van der Waals surface area contributed by atoms with E-state index in [1.165, 1.54) is 0 Å². The Kier molecular flexibility index (Phi) is 8.64. The van der Waals surface area contributed by atoms with Gasteiger partial charge in [-0.25, -0.2) is 8.78 Å². The highest BCUT2D eigenvalue weighted by Gasteiger charge is 1.98. The van der Waals surface area contributed by atoms with E-state index in [9.17, 15) is 8.78 Å². The molecule has 0 heterocycles. The Balaban J connectivity index is 2.82. The van der Waals surface area contributed by atoms with Crippen LogP contribution in [0.15, 0.2) is 0 Å². The van der Waals surface area contributed by atoms with E-state index < -0.39 is 6.43 Å². The summed E-state index contributed by atoms with van der Waals surface area (Å²) in [6.45, 7) is 2.43. The van der Waals surface area contributed by atoms with Crippen LogP contribution in [0.1, 0.15) is 0 Å². The van der Waals surface area contributed by atoms with Crippen molar-refractivity contribution in [1.29, 1.82) is 0 Å². The van der Waals surface area contributed by atoms with Crippen LogP contribution in [0.3, 0.4) is 0 Å². The molecule has 0 aliphatic rings. The van der Waals surface area contributed by atoms with E-state index in [0.29, 0.717) is 19.7 Å². The van der Waals surface area contributed by atoms with Crippen LogP contribution >= 0.6 is 0 Å². The normalized spacial score (nSPS) is 11.0. The lowest BCUT2D eigenvalue weighted by Gasteiger charge is -2.05. The van der Waals surface area contributed by atoms with Crippen molar-refractivity contribution in [3.8, 4) is 0 Å². The molecule has 0 aromatic carbocycles. The second-order valence-corrected chi connectivity index (χ2v) is 2.34. The lowest BCUT2D eigenvalue weighted by Crippen LogP contribution is -2.31. The average molecular weight is 182 g/mol.